The molecule has 1 aromatic rings. The molecule has 4 nitrogen and oxygen atoms in total. The summed E-state index contributed by atoms with van der Waals surface area (Å²) in [5.41, 5.74) is 1.72. The van der Waals surface area contributed by atoms with Crippen LogP contribution in [0.15, 0.2) is 18.2 Å². The Bertz CT molecular complexity index is 432. The van der Waals surface area contributed by atoms with Crippen LogP contribution in [0.2, 0.25) is 0 Å². The van der Waals surface area contributed by atoms with Crippen molar-refractivity contribution in [1.82, 2.24) is 0 Å². The summed E-state index contributed by atoms with van der Waals surface area (Å²) < 4.78 is 4.80. The zero-order chi connectivity index (χ0) is 14.5. The maximum Gasteiger partial charge on any atom is 0.306 e. The first-order chi connectivity index (χ1) is 8.84. The second-order valence-electron chi connectivity index (χ2n) is 5.55. The van der Waals surface area contributed by atoms with E-state index in [9.17, 15) is 9.90 Å². The van der Waals surface area contributed by atoms with Crippen molar-refractivity contribution in [2.75, 3.05) is 13.2 Å². The second kappa shape index (κ2) is 6.57. The van der Waals surface area contributed by atoms with E-state index in [2.05, 4.69) is 0 Å². The Hall–Kier alpha value is -1.55. The van der Waals surface area contributed by atoms with Gasteiger partial charge < -0.3 is 14.9 Å². The summed E-state index contributed by atoms with van der Waals surface area (Å²) in [6, 6.07) is 5.40. The normalized spacial score (nSPS) is 11.4. The smallest absolute Gasteiger partial charge is 0.306 e. The van der Waals surface area contributed by atoms with E-state index >= 15 is 0 Å². The molecule has 0 saturated heterocycles. The van der Waals surface area contributed by atoms with Crippen molar-refractivity contribution in [1.29, 1.82) is 0 Å². The maximum absolute atomic E-state index is 11.3. The summed E-state index contributed by atoms with van der Waals surface area (Å²) >= 11 is 0. The van der Waals surface area contributed by atoms with Gasteiger partial charge in [0.1, 0.15) is 12.4 Å². The highest BCUT2D eigenvalue weighted by Crippen LogP contribution is 2.31. The number of phenols is 1. The van der Waals surface area contributed by atoms with E-state index in [1.54, 1.807) is 6.07 Å². The van der Waals surface area contributed by atoms with Crippen molar-refractivity contribution in [3.05, 3.63) is 29.3 Å². The quantitative estimate of drug-likeness (QED) is 0.801. The molecule has 0 saturated carbocycles. The summed E-state index contributed by atoms with van der Waals surface area (Å²) in [4.78, 5) is 11.3. The Morgan fingerprint density at radius 1 is 1.32 bits per heavy atom. The van der Waals surface area contributed by atoms with E-state index < -0.39 is 0 Å². The molecular formula is C15H22O4. The number of aliphatic hydroxyl groups excluding tert-OH is 1. The number of phenolic OH excluding ortho intramolecular Hbond substituents is 1. The average Bonchev–Trinajstić information content (AvgIpc) is 2.34. The fourth-order valence-electron chi connectivity index (χ4n) is 1.82. The number of rotatable bonds is 5. The molecule has 0 radical (unpaired) electrons. The number of esters is 1. The molecule has 19 heavy (non-hydrogen) atoms. The molecule has 0 heterocycles. The third-order valence-corrected chi connectivity index (χ3v) is 2.84. The SMILES string of the molecule is CC(C)(C)c1cc(CCC(=O)OCCO)ccc1O. The molecule has 0 bridgehead atoms. The van der Waals surface area contributed by atoms with Crippen LogP contribution in [0, 0.1) is 0 Å². The number of ether oxygens (including phenoxy) is 1. The Kier molecular flexibility index (Phi) is 5.36. The summed E-state index contributed by atoms with van der Waals surface area (Å²) in [5, 5.41) is 18.4. The molecule has 0 aliphatic heterocycles. The Morgan fingerprint density at radius 2 is 2.00 bits per heavy atom. The first kappa shape index (κ1) is 15.5. The molecule has 0 fully saturated rings. The van der Waals surface area contributed by atoms with Gasteiger partial charge in [0, 0.05) is 6.42 Å². The van der Waals surface area contributed by atoms with Crippen molar-refractivity contribution >= 4 is 5.97 Å². The fraction of sp³-hybridized carbons (Fsp3) is 0.533. The lowest BCUT2D eigenvalue weighted by Gasteiger charge is -2.21. The molecule has 0 atom stereocenters. The molecule has 4 heteroatoms. The minimum Gasteiger partial charge on any atom is -0.508 e. The number of hydrogen-bond donors (Lipinski definition) is 2. The van der Waals surface area contributed by atoms with Gasteiger partial charge in [-0.3, -0.25) is 4.79 Å². The van der Waals surface area contributed by atoms with Gasteiger partial charge in [-0.05, 0) is 29.0 Å². The van der Waals surface area contributed by atoms with E-state index in [1.165, 1.54) is 0 Å². The van der Waals surface area contributed by atoms with Gasteiger partial charge in [-0.2, -0.15) is 0 Å². The molecule has 0 aliphatic carbocycles. The van der Waals surface area contributed by atoms with Gasteiger partial charge in [-0.15, -0.1) is 0 Å². The Labute approximate surface area is 114 Å². The van der Waals surface area contributed by atoms with Crippen molar-refractivity contribution < 1.29 is 19.7 Å². The number of aliphatic hydroxyl groups is 1. The van der Waals surface area contributed by atoms with Gasteiger partial charge in [0.2, 0.25) is 0 Å². The van der Waals surface area contributed by atoms with E-state index in [4.69, 9.17) is 9.84 Å². The van der Waals surface area contributed by atoms with Crippen LogP contribution in [0.4, 0.5) is 0 Å². The van der Waals surface area contributed by atoms with Crippen molar-refractivity contribution in [3.63, 3.8) is 0 Å². The van der Waals surface area contributed by atoms with Gasteiger partial charge in [0.15, 0.2) is 0 Å². The molecule has 1 aromatic carbocycles. The van der Waals surface area contributed by atoms with Crippen molar-refractivity contribution in [2.45, 2.75) is 39.0 Å². The third kappa shape index (κ3) is 4.91. The summed E-state index contributed by atoms with van der Waals surface area (Å²) in [6.45, 7) is 5.98. The Balaban J connectivity index is 2.68. The number of benzene rings is 1. The minimum atomic E-state index is -0.320. The van der Waals surface area contributed by atoms with Crippen LogP contribution in [0.25, 0.3) is 0 Å². The molecule has 0 aromatic heterocycles. The van der Waals surface area contributed by atoms with Gasteiger partial charge in [-0.25, -0.2) is 0 Å². The highest BCUT2D eigenvalue weighted by Gasteiger charge is 2.18. The van der Waals surface area contributed by atoms with Crippen LogP contribution in [-0.2, 0) is 21.4 Å². The minimum absolute atomic E-state index is 0.0433. The summed E-state index contributed by atoms with van der Waals surface area (Å²) in [6.07, 6.45) is 0.835. The monoisotopic (exact) mass is 266 g/mol. The highest BCUT2D eigenvalue weighted by molar-refractivity contribution is 5.69. The molecule has 1 rings (SSSR count). The van der Waals surface area contributed by atoms with Gasteiger partial charge in [0.05, 0.1) is 6.61 Å². The number of carbonyl (C=O) groups is 1. The zero-order valence-corrected chi connectivity index (χ0v) is 11.8. The average molecular weight is 266 g/mol. The number of carbonyl (C=O) groups excluding carboxylic acids is 1. The van der Waals surface area contributed by atoms with Crippen LogP contribution in [0.3, 0.4) is 0 Å². The second-order valence-corrected chi connectivity index (χ2v) is 5.55. The molecule has 0 unspecified atom stereocenters. The van der Waals surface area contributed by atoms with Gasteiger partial charge >= 0.3 is 5.97 Å². The van der Waals surface area contributed by atoms with Crippen LogP contribution in [-0.4, -0.2) is 29.4 Å². The number of hydrogen-bond acceptors (Lipinski definition) is 4. The van der Waals surface area contributed by atoms with Crippen LogP contribution < -0.4 is 0 Å². The highest BCUT2D eigenvalue weighted by atomic mass is 16.5. The van der Waals surface area contributed by atoms with Crippen LogP contribution >= 0.6 is 0 Å². The third-order valence-electron chi connectivity index (χ3n) is 2.84. The predicted molar refractivity (Wildman–Crippen MR) is 73.2 cm³/mol. The van der Waals surface area contributed by atoms with E-state index in [0.717, 1.165) is 11.1 Å². The predicted octanol–water partition coefficient (Wildman–Crippen LogP) is 2.16. The number of aryl methyl sites for hydroxylation is 1. The standard InChI is InChI=1S/C15H22O4/c1-15(2,3)12-10-11(4-6-13(12)17)5-7-14(18)19-9-8-16/h4,6,10,16-17H,5,7-9H2,1-3H3. The molecule has 2 N–H and O–H groups in total. The summed E-state index contributed by atoms with van der Waals surface area (Å²) in [5.74, 6) is -0.0430. The largest absolute Gasteiger partial charge is 0.508 e. The van der Waals surface area contributed by atoms with Gasteiger partial charge in [-0.1, -0.05) is 32.9 Å². The summed E-state index contributed by atoms with van der Waals surface area (Å²) in [7, 11) is 0. The first-order valence-corrected chi connectivity index (χ1v) is 6.43. The topological polar surface area (TPSA) is 66.8 Å². The first-order valence-electron chi connectivity index (χ1n) is 6.43. The fourth-order valence-corrected chi connectivity index (χ4v) is 1.82. The van der Waals surface area contributed by atoms with E-state index in [-0.39, 0.29) is 36.8 Å². The van der Waals surface area contributed by atoms with E-state index in [0.29, 0.717) is 6.42 Å². The van der Waals surface area contributed by atoms with Gasteiger partial charge in [0.25, 0.3) is 0 Å². The lowest BCUT2D eigenvalue weighted by atomic mass is 9.85. The van der Waals surface area contributed by atoms with Crippen LogP contribution in [0.5, 0.6) is 5.75 Å². The number of aromatic hydroxyl groups is 1. The molecule has 0 amide bonds. The zero-order valence-electron chi connectivity index (χ0n) is 11.8. The molecule has 0 spiro atoms. The lowest BCUT2D eigenvalue weighted by molar-refractivity contribution is -0.144. The van der Waals surface area contributed by atoms with Crippen molar-refractivity contribution in [2.24, 2.45) is 0 Å². The molecular weight excluding hydrogens is 244 g/mol. The van der Waals surface area contributed by atoms with Crippen LogP contribution in [0.1, 0.15) is 38.3 Å². The maximum atomic E-state index is 11.3. The van der Waals surface area contributed by atoms with E-state index in [1.807, 2.05) is 32.9 Å². The lowest BCUT2D eigenvalue weighted by Crippen LogP contribution is -2.12. The van der Waals surface area contributed by atoms with Crippen molar-refractivity contribution in [3.8, 4) is 5.75 Å². The molecule has 0 aliphatic rings. The molecule has 106 valence electrons. The Morgan fingerprint density at radius 3 is 2.58 bits per heavy atom.